The first-order valence-electron chi connectivity index (χ1n) is 15.1. The second kappa shape index (κ2) is 13.8. The number of allylic oxidation sites excluding steroid dienone is 2. The molecule has 9 heteroatoms. The summed E-state index contributed by atoms with van der Waals surface area (Å²) >= 11 is 0. The lowest BCUT2D eigenvalue weighted by molar-refractivity contribution is -0.137. The molecule has 1 saturated heterocycles. The van der Waals surface area contributed by atoms with E-state index in [1.54, 1.807) is 23.2 Å². The number of halogens is 3. The number of benzene rings is 1. The van der Waals surface area contributed by atoms with E-state index in [4.69, 9.17) is 0 Å². The van der Waals surface area contributed by atoms with Gasteiger partial charge in [-0.05, 0) is 106 Å². The lowest BCUT2D eigenvalue weighted by Gasteiger charge is -2.28. The van der Waals surface area contributed by atoms with E-state index in [2.05, 4.69) is 29.6 Å². The second-order valence-electron chi connectivity index (χ2n) is 11.8. The molecular formula is C33H43F3N4O2. The SMILES string of the molecule is C=C(CC(C)=O)c1ccn(C(=O)N2CCC(=CCc3ccc(C(F)(F)F)cc3C(C)CCN(CCC)C3CC3)CC2)n1. The molecule has 1 unspecified atom stereocenters. The lowest BCUT2D eigenvalue weighted by atomic mass is 9.89. The van der Waals surface area contributed by atoms with Crippen LogP contribution in [0.15, 0.2) is 48.7 Å². The van der Waals surface area contributed by atoms with Crippen LogP contribution < -0.4 is 0 Å². The molecule has 2 fully saturated rings. The number of rotatable bonds is 12. The third-order valence-corrected chi connectivity index (χ3v) is 8.32. The Morgan fingerprint density at radius 2 is 1.88 bits per heavy atom. The first-order valence-corrected chi connectivity index (χ1v) is 15.1. The highest BCUT2D eigenvalue weighted by atomic mass is 19.4. The van der Waals surface area contributed by atoms with Gasteiger partial charge in [-0.3, -0.25) is 4.79 Å². The number of ketones is 1. The fourth-order valence-corrected chi connectivity index (χ4v) is 5.73. The fraction of sp³-hybridized carbons (Fsp3) is 0.545. The predicted octanol–water partition coefficient (Wildman–Crippen LogP) is 7.50. The Hall–Kier alpha value is -3.20. The fourth-order valence-electron chi connectivity index (χ4n) is 5.73. The number of amides is 1. The van der Waals surface area contributed by atoms with Crippen LogP contribution in [-0.2, 0) is 17.4 Å². The quantitative estimate of drug-likeness (QED) is 0.243. The number of hydrogen-bond donors (Lipinski definition) is 0. The molecule has 0 spiro atoms. The van der Waals surface area contributed by atoms with E-state index >= 15 is 0 Å². The van der Waals surface area contributed by atoms with Gasteiger partial charge in [-0.2, -0.15) is 23.0 Å². The summed E-state index contributed by atoms with van der Waals surface area (Å²) in [6.07, 6.45) is 5.88. The topological polar surface area (TPSA) is 58.4 Å². The molecular weight excluding hydrogens is 541 g/mol. The standard InChI is InChI=1S/C33H43F3N4O2/c1-5-16-38(29-10-11-29)17-12-23(2)30-22-28(33(34,35)36)9-8-27(30)7-6-26-13-18-39(19-14-26)32(42)40-20-15-31(37-40)24(3)21-25(4)41/h6,8-9,15,20,22-23,29H,3,5,7,10-14,16-19,21H2,1-2,4H3. The highest BCUT2D eigenvalue weighted by Gasteiger charge is 2.32. The van der Waals surface area contributed by atoms with E-state index in [1.165, 1.54) is 42.2 Å². The summed E-state index contributed by atoms with van der Waals surface area (Å²) in [6, 6.07) is 6.30. The molecule has 1 saturated carbocycles. The lowest BCUT2D eigenvalue weighted by Crippen LogP contribution is -2.39. The minimum Gasteiger partial charge on any atom is -0.322 e. The average molecular weight is 585 g/mol. The summed E-state index contributed by atoms with van der Waals surface area (Å²) in [5.74, 6) is 0.00468. The van der Waals surface area contributed by atoms with Crippen molar-refractivity contribution >= 4 is 17.4 Å². The summed E-state index contributed by atoms with van der Waals surface area (Å²) in [5, 5.41) is 4.31. The van der Waals surface area contributed by atoms with Crippen molar-refractivity contribution in [1.29, 1.82) is 0 Å². The second-order valence-corrected chi connectivity index (χ2v) is 11.8. The van der Waals surface area contributed by atoms with Crippen molar-refractivity contribution in [1.82, 2.24) is 19.6 Å². The Labute approximate surface area is 247 Å². The monoisotopic (exact) mass is 584 g/mol. The first-order chi connectivity index (χ1) is 20.0. The number of Topliss-reactive ketones (excluding diaryl/α,β-unsaturated/α-hetero) is 1. The van der Waals surface area contributed by atoms with Gasteiger partial charge in [0.25, 0.3) is 0 Å². The van der Waals surface area contributed by atoms with Crippen LogP contribution in [0.2, 0.25) is 0 Å². The van der Waals surface area contributed by atoms with E-state index < -0.39 is 11.7 Å². The van der Waals surface area contributed by atoms with Crippen LogP contribution in [0.3, 0.4) is 0 Å². The molecule has 1 aromatic carbocycles. The maximum absolute atomic E-state index is 13.6. The van der Waals surface area contributed by atoms with Gasteiger partial charge in [0.05, 0.1) is 11.3 Å². The number of piperidine rings is 1. The maximum Gasteiger partial charge on any atom is 0.416 e. The molecule has 228 valence electrons. The van der Waals surface area contributed by atoms with Gasteiger partial charge in [0.1, 0.15) is 5.78 Å². The molecule has 6 nitrogen and oxygen atoms in total. The molecule has 1 aliphatic carbocycles. The van der Waals surface area contributed by atoms with Gasteiger partial charge in [0.2, 0.25) is 0 Å². The third kappa shape index (κ3) is 8.43. The maximum atomic E-state index is 13.6. The van der Waals surface area contributed by atoms with Crippen molar-refractivity contribution in [3.05, 3.63) is 71.1 Å². The molecule has 42 heavy (non-hydrogen) atoms. The molecule has 0 N–H and O–H groups in total. The largest absolute Gasteiger partial charge is 0.416 e. The van der Waals surface area contributed by atoms with E-state index in [0.29, 0.717) is 49.7 Å². The number of nitrogens with zero attached hydrogens (tertiary/aromatic N) is 4. The van der Waals surface area contributed by atoms with Crippen LogP contribution in [0.4, 0.5) is 18.0 Å². The van der Waals surface area contributed by atoms with Gasteiger partial charge in [0, 0.05) is 31.7 Å². The Kier molecular flexibility index (Phi) is 10.5. The van der Waals surface area contributed by atoms with Crippen molar-refractivity contribution < 1.29 is 22.8 Å². The van der Waals surface area contributed by atoms with Crippen molar-refractivity contribution in [2.45, 2.75) is 90.3 Å². The van der Waals surface area contributed by atoms with Gasteiger partial charge in [0.15, 0.2) is 0 Å². The zero-order chi connectivity index (χ0) is 30.4. The van der Waals surface area contributed by atoms with Crippen LogP contribution in [0.5, 0.6) is 0 Å². The summed E-state index contributed by atoms with van der Waals surface area (Å²) in [6.45, 7) is 12.6. The Morgan fingerprint density at radius 3 is 2.50 bits per heavy atom. The van der Waals surface area contributed by atoms with Gasteiger partial charge >= 0.3 is 12.2 Å². The number of carbonyl (C=O) groups is 2. The third-order valence-electron chi connectivity index (χ3n) is 8.32. The average Bonchev–Trinajstić information content (AvgIpc) is 3.68. The molecule has 2 aliphatic rings. The predicted molar refractivity (Wildman–Crippen MR) is 159 cm³/mol. The minimum atomic E-state index is -4.37. The van der Waals surface area contributed by atoms with Crippen LogP contribution in [-0.4, -0.2) is 63.6 Å². The number of likely N-dealkylation sites (tertiary alicyclic amines) is 1. The van der Waals surface area contributed by atoms with Crippen molar-refractivity contribution in [3.63, 3.8) is 0 Å². The molecule has 1 atom stereocenters. The van der Waals surface area contributed by atoms with Gasteiger partial charge in [-0.1, -0.05) is 38.1 Å². The minimum absolute atomic E-state index is 0.0127. The summed E-state index contributed by atoms with van der Waals surface area (Å²) < 4.78 is 42.1. The van der Waals surface area contributed by atoms with Gasteiger partial charge in [-0.25, -0.2) is 4.79 Å². The van der Waals surface area contributed by atoms with Crippen molar-refractivity contribution in [3.8, 4) is 0 Å². The molecule has 4 rings (SSSR count). The first kappa shape index (κ1) is 31.7. The summed E-state index contributed by atoms with van der Waals surface area (Å²) in [7, 11) is 0. The molecule has 0 bridgehead atoms. The van der Waals surface area contributed by atoms with Crippen molar-refractivity contribution in [2.75, 3.05) is 26.2 Å². The normalized spacial score (nSPS) is 16.5. The van der Waals surface area contributed by atoms with Crippen LogP contribution in [0.1, 0.15) is 94.0 Å². The molecule has 1 aliphatic heterocycles. The Balaban J connectivity index is 1.39. The van der Waals surface area contributed by atoms with Crippen LogP contribution in [0.25, 0.3) is 5.57 Å². The van der Waals surface area contributed by atoms with Crippen LogP contribution >= 0.6 is 0 Å². The number of hydrogen-bond acceptors (Lipinski definition) is 4. The summed E-state index contributed by atoms with van der Waals surface area (Å²) in [4.78, 5) is 28.6. The highest BCUT2D eigenvalue weighted by Crippen LogP contribution is 2.35. The zero-order valence-electron chi connectivity index (χ0n) is 25.1. The molecule has 2 heterocycles. The van der Waals surface area contributed by atoms with E-state index in [9.17, 15) is 22.8 Å². The Bertz CT molecular complexity index is 1300. The molecule has 0 radical (unpaired) electrons. The van der Waals surface area contributed by atoms with E-state index in [1.807, 2.05) is 6.92 Å². The molecule has 1 aromatic heterocycles. The van der Waals surface area contributed by atoms with Crippen molar-refractivity contribution in [2.24, 2.45) is 0 Å². The summed E-state index contributed by atoms with van der Waals surface area (Å²) in [5.41, 5.74) is 3.44. The van der Waals surface area contributed by atoms with E-state index in [0.717, 1.165) is 37.1 Å². The van der Waals surface area contributed by atoms with Gasteiger partial charge in [-0.15, -0.1) is 0 Å². The number of carbonyl (C=O) groups excluding carboxylic acids is 2. The Morgan fingerprint density at radius 1 is 1.17 bits per heavy atom. The van der Waals surface area contributed by atoms with Gasteiger partial charge < -0.3 is 9.80 Å². The van der Waals surface area contributed by atoms with E-state index in [-0.39, 0.29) is 24.2 Å². The van der Waals surface area contributed by atoms with Crippen LogP contribution in [0, 0.1) is 0 Å². The molecule has 1 amide bonds. The number of alkyl halides is 3. The highest BCUT2D eigenvalue weighted by molar-refractivity contribution is 5.87. The number of aromatic nitrogens is 2. The smallest absolute Gasteiger partial charge is 0.322 e. The zero-order valence-corrected chi connectivity index (χ0v) is 25.1. The molecule has 2 aromatic rings.